The minimum Gasteiger partial charge on any atom is -0.454 e. The first-order valence-electron chi connectivity index (χ1n) is 6.92. The molecule has 5 heteroatoms. The normalized spacial score (nSPS) is 11.3. The van der Waals surface area contributed by atoms with Gasteiger partial charge in [-0.2, -0.15) is 0 Å². The van der Waals surface area contributed by atoms with Gasteiger partial charge in [-0.15, -0.1) is 0 Å². The molecular weight excluding hydrogens is 268 g/mol. The summed E-state index contributed by atoms with van der Waals surface area (Å²) in [5.41, 5.74) is 9.07. The third-order valence-corrected chi connectivity index (χ3v) is 3.62. The first-order chi connectivity index (χ1) is 10.3. The number of fused-ring (bicyclic) bond motifs is 3. The summed E-state index contributed by atoms with van der Waals surface area (Å²) in [5, 5.41) is 20.3. The van der Waals surface area contributed by atoms with Crippen LogP contribution in [0, 0.1) is 0 Å². The van der Waals surface area contributed by atoms with Crippen molar-refractivity contribution in [3.63, 3.8) is 0 Å². The summed E-state index contributed by atoms with van der Waals surface area (Å²) < 4.78 is 5.95. The number of nitrogen functional groups attached to an aromatic ring is 1. The van der Waals surface area contributed by atoms with Crippen LogP contribution < -0.4 is 10.6 Å². The van der Waals surface area contributed by atoms with Crippen LogP contribution in [-0.4, -0.2) is 36.5 Å². The Hall–Kier alpha value is -2.24. The Morgan fingerprint density at radius 3 is 2.43 bits per heavy atom. The van der Waals surface area contributed by atoms with Crippen LogP contribution in [0.4, 0.5) is 11.4 Å². The molecule has 0 unspecified atom stereocenters. The van der Waals surface area contributed by atoms with Gasteiger partial charge in [-0.25, -0.2) is 0 Å². The topological polar surface area (TPSA) is 82.9 Å². The maximum atomic E-state index is 9.21. The maximum Gasteiger partial charge on any atom is 0.160 e. The number of aliphatic hydroxyl groups excluding tert-OH is 2. The maximum absolute atomic E-state index is 9.21. The fraction of sp³-hybridized carbons (Fsp3) is 0.250. The van der Waals surface area contributed by atoms with E-state index in [-0.39, 0.29) is 13.2 Å². The summed E-state index contributed by atoms with van der Waals surface area (Å²) in [4.78, 5) is 1.89. The van der Waals surface area contributed by atoms with E-state index in [0.29, 0.717) is 24.4 Å². The summed E-state index contributed by atoms with van der Waals surface area (Å²) in [5.74, 6) is 0. The minimum absolute atomic E-state index is 0.00605. The van der Waals surface area contributed by atoms with Gasteiger partial charge in [0.25, 0.3) is 0 Å². The number of para-hydroxylation sites is 1. The highest BCUT2D eigenvalue weighted by atomic mass is 16.3. The zero-order chi connectivity index (χ0) is 14.8. The molecule has 0 saturated heterocycles. The Kier molecular flexibility index (Phi) is 3.68. The van der Waals surface area contributed by atoms with Gasteiger partial charge in [0.2, 0.25) is 0 Å². The van der Waals surface area contributed by atoms with E-state index in [0.717, 1.165) is 22.0 Å². The van der Waals surface area contributed by atoms with Gasteiger partial charge in [-0.1, -0.05) is 18.2 Å². The Morgan fingerprint density at radius 1 is 1.00 bits per heavy atom. The summed E-state index contributed by atoms with van der Waals surface area (Å²) >= 11 is 0. The quantitative estimate of drug-likeness (QED) is 0.625. The van der Waals surface area contributed by atoms with Gasteiger partial charge in [0.05, 0.1) is 24.3 Å². The molecule has 0 spiro atoms. The van der Waals surface area contributed by atoms with E-state index in [1.165, 1.54) is 0 Å². The molecule has 0 bridgehead atoms. The van der Waals surface area contributed by atoms with E-state index in [4.69, 9.17) is 10.2 Å². The van der Waals surface area contributed by atoms with Crippen molar-refractivity contribution in [2.75, 3.05) is 36.9 Å². The highest BCUT2D eigenvalue weighted by molar-refractivity contribution is 6.14. The van der Waals surface area contributed by atoms with Gasteiger partial charge in [-0.05, 0) is 18.2 Å². The average molecular weight is 286 g/mol. The first kappa shape index (κ1) is 13.7. The van der Waals surface area contributed by atoms with E-state index in [1.807, 2.05) is 41.3 Å². The predicted octanol–water partition coefficient (Wildman–Crippen LogP) is 1.96. The second-order valence-corrected chi connectivity index (χ2v) is 4.91. The molecule has 3 aromatic rings. The molecule has 1 aromatic heterocycles. The zero-order valence-corrected chi connectivity index (χ0v) is 11.6. The molecule has 0 fully saturated rings. The molecule has 0 saturated carbocycles. The molecule has 0 aliphatic rings. The zero-order valence-electron chi connectivity index (χ0n) is 11.6. The fourth-order valence-corrected chi connectivity index (χ4v) is 2.68. The second kappa shape index (κ2) is 5.63. The van der Waals surface area contributed by atoms with Gasteiger partial charge >= 0.3 is 0 Å². The van der Waals surface area contributed by atoms with Crippen LogP contribution in [-0.2, 0) is 0 Å². The summed E-state index contributed by atoms with van der Waals surface area (Å²) in [7, 11) is 0. The van der Waals surface area contributed by atoms with Crippen molar-refractivity contribution in [3.05, 3.63) is 36.4 Å². The number of rotatable bonds is 5. The monoisotopic (exact) mass is 286 g/mol. The Balaban J connectivity index is 2.26. The lowest BCUT2D eigenvalue weighted by atomic mass is 10.1. The number of hydrogen-bond acceptors (Lipinski definition) is 5. The average Bonchev–Trinajstić information content (AvgIpc) is 2.88. The van der Waals surface area contributed by atoms with Crippen LogP contribution in [0.3, 0.4) is 0 Å². The number of nitrogens with zero attached hydrogens (tertiary/aromatic N) is 1. The number of anilines is 2. The molecule has 0 radical (unpaired) electrons. The molecule has 3 rings (SSSR count). The summed E-state index contributed by atoms with van der Waals surface area (Å²) in [6.07, 6.45) is 0. The van der Waals surface area contributed by atoms with Gasteiger partial charge in [-0.3, -0.25) is 0 Å². The van der Waals surface area contributed by atoms with Crippen molar-refractivity contribution in [1.29, 1.82) is 0 Å². The third kappa shape index (κ3) is 2.30. The van der Waals surface area contributed by atoms with Crippen molar-refractivity contribution in [2.24, 2.45) is 0 Å². The molecule has 0 amide bonds. The lowest BCUT2D eigenvalue weighted by molar-refractivity contribution is 0.281. The summed E-state index contributed by atoms with van der Waals surface area (Å²) in [6, 6.07) is 11.4. The Bertz CT molecular complexity index is 761. The number of nitrogens with two attached hydrogens (primary N) is 1. The van der Waals surface area contributed by atoms with Crippen LogP contribution in [0.2, 0.25) is 0 Å². The van der Waals surface area contributed by atoms with Crippen LogP contribution in [0.15, 0.2) is 40.8 Å². The molecule has 0 aliphatic carbocycles. The molecule has 21 heavy (non-hydrogen) atoms. The standard InChI is InChI=1S/C16H18N2O3/c17-12-5-6-13(18(7-9-19)8-10-20)16-15(12)11-3-1-2-4-14(11)21-16/h1-6,19-20H,7-10,17H2. The van der Waals surface area contributed by atoms with E-state index in [9.17, 15) is 10.2 Å². The van der Waals surface area contributed by atoms with E-state index in [1.54, 1.807) is 0 Å². The van der Waals surface area contributed by atoms with Crippen LogP contribution in [0.1, 0.15) is 0 Å². The van der Waals surface area contributed by atoms with E-state index < -0.39 is 0 Å². The van der Waals surface area contributed by atoms with Gasteiger partial charge in [0.15, 0.2) is 5.58 Å². The van der Waals surface area contributed by atoms with Crippen molar-refractivity contribution in [3.8, 4) is 0 Å². The van der Waals surface area contributed by atoms with Gasteiger partial charge < -0.3 is 25.3 Å². The lowest BCUT2D eigenvalue weighted by Crippen LogP contribution is -2.29. The van der Waals surface area contributed by atoms with Crippen LogP contribution in [0.5, 0.6) is 0 Å². The fourth-order valence-electron chi connectivity index (χ4n) is 2.68. The van der Waals surface area contributed by atoms with Crippen molar-refractivity contribution >= 4 is 33.3 Å². The molecule has 0 aliphatic heterocycles. The molecule has 0 atom stereocenters. The molecule has 110 valence electrons. The third-order valence-electron chi connectivity index (χ3n) is 3.62. The highest BCUT2D eigenvalue weighted by Gasteiger charge is 2.17. The number of furan rings is 1. The molecule has 5 nitrogen and oxygen atoms in total. The lowest BCUT2D eigenvalue weighted by Gasteiger charge is -2.23. The van der Waals surface area contributed by atoms with Crippen LogP contribution >= 0.6 is 0 Å². The molecule has 2 aromatic carbocycles. The van der Waals surface area contributed by atoms with Crippen molar-refractivity contribution in [2.45, 2.75) is 0 Å². The Morgan fingerprint density at radius 2 is 1.71 bits per heavy atom. The Labute approximate surface area is 122 Å². The van der Waals surface area contributed by atoms with Crippen molar-refractivity contribution < 1.29 is 14.6 Å². The molecule has 1 heterocycles. The molecular formula is C16H18N2O3. The highest BCUT2D eigenvalue weighted by Crippen LogP contribution is 2.38. The van der Waals surface area contributed by atoms with Gasteiger partial charge in [0, 0.05) is 24.2 Å². The number of hydrogen-bond donors (Lipinski definition) is 3. The minimum atomic E-state index is 0.00605. The van der Waals surface area contributed by atoms with E-state index >= 15 is 0 Å². The number of aliphatic hydroxyl groups is 2. The second-order valence-electron chi connectivity index (χ2n) is 4.91. The SMILES string of the molecule is Nc1ccc(N(CCO)CCO)c2oc3ccccc3c12. The van der Waals surface area contributed by atoms with E-state index in [2.05, 4.69) is 0 Å². The van der Waals surface area contributed by atoms with Crippen molar-refractivity contribution in [1.82, 2.24) is 0 Å². The summed E-state index contributed by atoms with van der Waals surface area (Å²) in [6.45, 7) is 0.867. The van der Waals surface area contributed by atoms with Gasteiger partial charge in [0.1, 0.15) is 5.58 Å². The number of benzene rings is 2. The first-order valence-corrected chi connectivity index (χ1v) is 6.92. The molecule has 4 N–H and O–H groups in total. The largest absolute Gasteiger partial charge is 0.454 e. The predicted molar refractivity (Wildman–Crippen MR) is 84.5 cm³/mol. The smallest absolute Gasteiger partial charge is 0.160 e. The van der Waals surface area contributed by atoms with Crippen LogP contribution in [0.25, 0.3) is 21.9 Å².